The van der Waals surface area contributed by atoms with Crippen LogP contribution >= 0.6 is 0 Å². The maximum Gasteiger partial charge on any atom is 0.573 e. The molecule has 0 radical (unpaired) electrons. The summed E-state index contributed by atoms with van der Waals surface area (Å²) in [6.45, 7) is 6.07. The minimum absolute atomic E-state index is 0. The van der Waals surface area contributed by atoms with Crippen molar-refractivity contribution in [3.63, 3.8) is 0 Å². The fourth-order valence-corrected chi connectivity index (χ4v) is 2.36. The van der Waals surface area contributed by atoms with E-state index in [0.717, 1.165) is 5.56 Å². The molecule has 9 heteroatoms. The van der Waals surface area contributed by atoms with Crippen molar-refractivity contribution in [1.82, 2.24) is 20.7 Å². The lowest BCUT2D eigenvalue weighted by atomic mass is 10.1. The van der Waals surface area contributed by atoms with Gasteiger partial charge in [0.05, 0.1) is 6.20 Å². The molecule has 2 heterocycles. The highest BCUT2D eigenvalue weighted by atomic mass is 19.4. The summed E-state index contributed by atoms with van der Waals surface area (Å²) in [6.07, 6.45) is -1.30. The third-order valence-corrected chi connectivity index (χ3v) is 3.27. The van der Waals surface area contributed by atoms with Gasteiger partial charge in [0.1, 0.15) is 11.6 Å². The number of halogens is 3. The van der Waals surface area contributed by atoms with Gasteiger partial charge in [0.2, 0.25) is 0 Å². The lowest BCUT2D eigenvalue weighted by Crippen LogP contribution is -2.26. The van der Waals surface area contributed by atoms with Crippen LogP contribution in [0.2, 0.25) is 0 Å². The van der Waals surface area contributed by atoms with E-state index in [1.165, 1.54) is 12.1 Å². The number of rotatable bonds is 3. The summed E-state index contributed by atoms with van der Waals surface area (Å²) in [5, 5.41) is 7.51. The first-order chi connectivity index (χ1) is 11.6. The fraction of sp³-hybridized carbons (Fsp3) is 0.294. The minimum atomic E-state index is -4.71. The Hall–Kier alpha value is -2.81. The van der Waals surface area contributed by atoms with Gasteiger partial charge in [-0.15, -0.1) is 13.2 Å². The Morgan fingerprint density at radius 2 is 1.69 bits per heavy atom. The van der Waals surface area contributed by atoms with Gasteiger partial charge in [0.15, 0.2) is 5.65 Å². The maximum absolute atomic E-state index is 12.3. The predicted molar refractivity (Wildman–Crippen MR) is 93.5 cm³/mol. The molecule has 2 aromatic heterocycles. The van der Waals surface area contributed by atoms with Gasteiger partial charge in [0, 0.05) is 17.3 Å². The zero-order valence-corrected chi connectivity index (χ0v) is 14.6. The number of aromatic nitrogens is 3. The van der Waals surface area contributed by atoms with Crippen molar-refractivity contribution in [1.29, 1.82) is 0 Å². The van der Waals surface area contributed by atoms with Crippen LogP contribution in [0.25, 0.3) is 16.8 Å². The van der Waals surface area contributed by atoms with E-state index in [1.807, 2.05) is 26.8 Å². The summed E-state index contributed by atoms with van der Waals surface area (Å²) < 4.78 is 42.3. The van der Waals surface area contributed by atoms with Crippen molar-refractivity contribution in [3.05, 3.63) is 42.7 Å². The van der Waals surface area contributed by atoms with Crippen LogP contribution in [-0.4, -0.2) is 26.5 Å². The van der Waals surface area contributed by atoms with E-state index < -0.39 is 6.36 Å². The molecular weight excluding hydrogens is 347 g/mol. The standard InChI is InChI=1S/C17H17F3N4O.H3N/c1-16(2,3)23-14-8-9-24-15(22-14)13(10-21-24)11-4-6-12(7-5-11)25-17(18,19)20;/h4-10H,1-3H3,(H,22,23);1H3. The Bertz CT molecular complexity index is 882. The molecule has 1 aromatic carbocycles. The number of alkyl halides is 3. The normalized spacial score (nSPS) is 11.9. The van der Waals surface area contributed by atoms with Crippen molar-refractivity contribution in [3.8, 4) is 16.9 Å². The van der Waals surface area contributed by atoms with E-state index in [4.69, 9.17) is 0 Å². The van der Waals surface area contributed by atoms with Crippen LogP contribution in [-0.2, 0) is 0 Å². The second kappa shape index (κ2) is 6.83. The minimum Gasteiger partial charge on any atom is -0.406 e. The maximum atomic E-state index is 12.3. The molecule has 6 nitrogen and oxygen atoms in total. The average molecular weight is 367 g/mol. The average Bonchev–Trinajstić information content (AvgIpc) is 2.88. The number of fused-ring (bicyclic) bond motifs is 1. The Kier molecular flexibility index (Phi) is 5.13. The first kappa shape index (κ1) is 19.5. The van der Waals surface area contributed by atoms with Gasteiger partial charge in [-0.3, -0.25) is 0 Å². The zero-order valence-electron chi connectivity index (χ0n) is 14.6. The number of hydrogen-bond donors (Lipinski definition) is 2. The van der Waals surface area contributed by atoms with Crippen LogP contribution in [0.5, 0.6) is 5.75 Å². The van der Waals surface area contributed by atoms with Crippen molar-refractivity contribution in [2.45, 2.75) is 32.7 Å². The lowest BCUT2D eigenvalue weighted by molar-refractivity contribution is -0.274. The van der Waals surface area contributed by atoms with Crippen LogP contribution in [0.15, 0.2) is 42.7 Å². The summed E-state index contributed by atoms with van der Waals surface area (Å²) in [6, 6.07) is 7.44. The van der Waals surface area contributed by atoms with Crippen molar-refractivity contribution in [2.75, 3.05) is 5.32 Å². The van der Waals surface area contributed by atoms with Gasteiger partial charge in [-0.05, 0) is 44.5 Å². The molecule has 0 unspecified atom stereocenters. The van der Waals surface area contributed by atoms with E-state index in [-0.39, 0.29) is 17.4 Å². The van der Waals surface area contributed by atoms with Crippen LogP contribution in [0.1, 0.15) is 20.8 Å². The predicted octanol–water partition coefficient (Wildman–Crippen LogP) is 4.67. The topological polar surface area (TPSA) is 86.5 Å². The first-order valence-electron chi connectivity index (χ1n) is 7.59. The van der Waals surface area contributed by atoms with Gasteiger partial charge in [-0.25, -0.2) is 9.50 Å². The summed E-state index contributed by atoms with van der Waals surface area (Å²) in [5.41, 5.74) is 1.88. The Balaban J connectivity index is 0.00000243. The molecule has 26 heavy (non-hydrogen) atoms. The monoisotopic (exact) mass is 367 g/mol. The quantitative estimate of drug-likeness (QED) is 0.703. The fourth-order valence-electron chi connectivity index (χ4n) is 2.36. The number of anilines is 1. The van der Waals surface area contributed by atoms with Gasteiger partial charge >= 0.3 is 6.36 Å². The molecule has 4 N–H and O–H groups in total. The molecule has 0 aliphatic carbocycles. The summed E-state index contributed by atoms with van der Waals surface area (Å²) >= 11 is 0. The van der Waals surface area contributed by atoms with E-state index in [0.29, 0.717) is 17.0 Å². The third-order valence-electron chi connectivity index (χ3n) is 3.27. The van der Waals surface area contributed by atoms with Crippen LogP contribution < -0.4 is 16.2 Å². The number of benzene rings is 1. The Labute approximate surface area is 148 Å². The first-order valence-corrected chi connectivity index (χ1v) is 7.59. The van der Waals surface area contributed by atoms with Gasteiger partial charge in [-0.2, -0.15) is 5.10 Å². The lowest BCUT2D eigenvalue weighted by Gasteiger charge is -2.21. The van der Waals surface area contributed by atoms with E-state index in [2.05, 4.69) is 20.1 Å². The van der Waals surface area contributed by atoms with E-state index >= 15 is 0 Å². The number of nitrogens with zero attached hydrogens (tertiary/aromatic N) is 3. The molecule has 140 valence electrons. The summed E-state index contributed by atoms with van der Waals surface area (Å²) in [5.74, 6) is 0.426. The van der Waals surface area contributed by atoms with Crippen LogP contribution in [0.3, 0.4) is 0 Å². The Morgan fingerprint density at radius 1 is 1.04 bits per heavy atom. The molecule has 3 rings (SSSR count). The highest BCUT2D eigenvalue weighted by molar-refractivity contribution is 5.78. The second-order valence-electron chi connectivity index (χ2n) is 6.59. The molecular formula is C17H20F3N5O. The van der Waals surface area contributed by atoms with E-state index in [9.17, 15) is 13.2 Å². The highest BCUT2D eigenvalue weighted by Crippen LogP contribution is 2.28. The largest absolute Gasteiger partial charge is 0.573 e. The second-order valence-corrected chi connectivity index (χ2v) is 6.59. The molecule has 0 fully saturated rings. The molecule has 0 saturated carbocycles. The zero-order chi connectivity index (χ0) is 18.2. The Morgan fingerprint density at radius 3 is 2.27 bits per heavy atom. The number of ether oxygens (including phenoxy) is 1. The highest BCUT2D eigenvalue weighted by Gasteiger charge is 2.31. The van der Waals surface area contributed by atoms with Crippen LogP contribution in [0.4, 0.5) is 19.0 Å². The summed E-state index contributed by atoms with van der Waals surface area (Å²) in [4.78, 5) is 4.56. The number of nitrogens with one attached hydrogen (secondary N) is 1. The third kappa shape index (κ3) is 4.63. The van der Waals surface area contributed by atoms with E-state index in [1.54, 1.807) is 29.0 Å². The SMILES string of the molecule is CC(C)(C)Nc1ccn2ncc(-c3ccc(OC(F)(F)F)cc3)c2n1.N. The molecule has 3 aromatic rings. The molecule has 0 aliphatic heterocycles. The summed E-state index contributed by atoms with van der Waals surface area (Å²) in [7, 11) is 0. The van der Waals surface area contributed by atoms with Gasteiger partial charge in [-0.1, -0.05) is 12.1 Å². The molecule has 0 aliphatic rings. The van der Waals surface area contributed by atoms with Crippen molar-refractivity contribution >= 4 is 11.5 Å². The van der Waals surface area contributed by atoms with Crippen molar-refractivity contribution < 1.29 is 17.9 Å². The molecule has 0 spiro atoms. The molecule has 0 bridgehead atoms. The smallest absolute Gasteiger partial charge is 0.406 e. The van der Waals surface area contributed by atoms with Crippen LogP contribution in [0, 0.1) is 0 Å². The van der Waals surface area contributed by atoms with Crippen molar-refractivity contribution in [2.24, 2.45) is 0 Å². The van der Waals surface area contributed by atoms with Gasteiger partial charge < -0.3 is 16.2 Å². The molecule has 0 amide bonds. The van der Waals surface area contributed by atoms with Gasteiger partial charge in [0.25, 0.3) is 0 Å². The molecule has 0 saturated heterocycles. The molecule has 0 atom stereocenters. The number of hydrogen-bond acceptors (Lipinski definition) is 5.